The molecule has 2 fully saturated rings. The Labute approximate surface area is 196 Å². The van der Waals surface area contributed by atoms with Crippen LogP contribution in [0.15, 0.2) is 35.5 Å². The number of carbonyl (C=O) groups is 2. The molecule has 2 heterocycles. The SMILES string of the molecule is Cc1cc(Cl)c(F)c(N2CC(c3ccc(C(=O)NC4CN(C(=O)C5CC5)C4)c(C)c3)=NO2)c1. The van der Waals surface area contributed by atoms with E-state index in [2.05, 4.69) is 10.5 Å². The van der Waals surface area contributed by atoms with Crippen LogP contribution in [0.2, 0.25) is 5.02 Å². The Kier molecular flexibility index (Phi) is 5.48. The number of nitrogens with one attached hydrogen (secondary N) is 1. The molecule has 1 saturated carbocycles. The van der Waals surface area contributed by atoms with Crippen LogP contribution in [0.4, 0.5) is 10.1 Å². The molecule has 0 atom stereocenters. The van der Waals surface area contributed by atoms with Crippen molar-refractivity contribution < 1.29 is 18.9 Å². The highest BCUT2D eigenvalue weighted by molar-refractivity contribution is 6.31. The molecule has 9 heteroatoms. The number of carbonyl (C=O) groups excluding carboxylic acids is 2. The molecule has 0 bridgehead atoms. The van der Waals surface area contributed by atoms with Crippen LogP contribution in [-0.2, 0) is 9.73 Å². The highest BCUT2D eigenvalue weighted by atomic mass is 35.5. The number of benzene rings is 2. The van der Waals surface area contributed by atoms with Crippen molar-refractivity contribution in [1.82, 2.24) is 10.2 Å². The second kappa shape index (κ2) is 8.33. The Morgan fingerprint density at radius 1 is 1.18 bits per heavy atom. The summed E-state index contributed by atoms with van der Waals surface area (Å²) in [4.78, 5) is 31.9. The topological polar surface area (TPSA) is 74.2 Å². The smallest absolute Gasteiger partial charge is 0.251 e. The average molecular weight is 471 g/mol. The van der Waals surface area contributed by atoms with Crippen LogP contribution in [0.3, 0.4) is 0 Å². The van der Waals surface area contributed by atoms with Gasteiger partial charge in [0.05, 0.1) is 11.1 Å². The number of oxime groups is 1. The lowest BCUT2D eigenvalue weighted by Crippen LogP contribution is -2.61. The van der Waals surface area contributed by atoms with Crippen molar-refractivity contribution in [2.45, 2.75) is 32.7 Å². The third-order valence-electron chi connectivity index (χ3n) is 6.22. The van der Waals surface area contributed by atoms with Crippen LogP contribution in [0.1, 0.15) is 39.9 Å². The largest absolute Gasteiger partial charge is 0.346 e. The van der Waals surface area contributed by atoms with E-state index < -0.39 is 5.82 Å². The number of aryl methyl sites for hydroxylation is 2. The third-order valence-corrected chi connectivity index (χ3v) is 6.50. The quantitative estimate of drug-likeness (QED) is 0.724. The van der Waals surface area contributed by atoms with E-state index in [9.17, 15) is 14.0 Å². The number of likely N-dealkylation sites (tertiary alicyclic amines) is 1. The first-order valence-corrected chi connectivity index (χ1v) is 11.4. The molecule has 0 aromatic heterocycles. The van der Waals surface area contributed by atoms with Crippen molar-refractivity contribution in [3.8, 4) is 0 Å². The molecular formula is C24H24ClFN4O3. The molecule has 3 aliphatic rings. The number of nitrogens with zero attached hydrogens (tertiary/aromatic N) is 3. The van der Waals surface area contributed by atoms with Gasteiger partial charge >= 0.3 is 0 Å². The second-order valence-corrected chi connectivity index (χ2v) is 9.36. The van der Waals surface area contributed by atoms with Crippen molar-refractivity contribution >= 4 is 34.8 Å². The van der Waals surface area contributed by atoms with Crippen LogP contribution >= 0.6 is 11.6 Å². The monoisotopic (exact) mass is 470 g/mol. The standard InChI is InChI=1S/C24H24ClFN4O3/c1-13-7-19(25)22(26)21(8-13)30-12-20(28-33-30)16-5-6-18(14(2)9-16)23(31)27-17-10-29(11-17)24(32)15-3-4-15/h5-9,15,17H,3-4,10-12H2,1-2H3,(H,27,31). The molecule has 172 valence electrons. The van der Waals surface area contributed by atoms with Gasteiger partial charge in [-0.15, -0.1) is 0 Å². The lowest BCUT2D eigenvalue weighted by atomic mass is 10.0. The van der Waals surface area contributed by atoms with Gasteiger partial charge in [-0.2, -0.15) is 5.06 Å². The zero-order chi connectivity index (χ0) is 23.3. The Hall–Kier alpha value is -3.13. The van der Waals surface area contributed by atoms with Crippen LogP contribution in [0, 0.1) is 25.6 Å². The number of hydrogen-bond acceptors (Lipinski definition) is 5. The Bertz CT molecular complexity index is 1170. The van der Waals surface area contributed by atoms with E-state index in [0.29, 0.717) is 24.4 Å². The molecule has 1 aliphatic carbocycles. The summed E-state index contributed by atoms with van der Waals surface area (Å²) in [5.74, 6) is -0.308. The lowest BCUT2D eigenvalue weighted by molar-refractivity contribution is -0.137. The maximum atomic E-state index is 14.4. The van der Waals surface area contributed by atoms with Crippen molar-refractivity contribution in [2.75, 3.05) is 24.7 Å². The van der Waals surface area contributed by atoms with Gasteiger partial charge in [0.1, 0.15) is 17.9 Å². The molecule has 0 unspecified atom stereocenters. The Morgan fingerprint density at radius 2 is 1.94 bits per heavy atom. The van der Waals surface area contributed by atoms with E-state index in [0.717, 1.165) is 29.5 Å². The highest BCUT2D eigenvalue weighted by Crippen LogP contribution is 2.33. The minimum atomic E-state index is -0.560. The molecule has 2 aromatic rings. The summed E-state index contributed by atoms with van der Waals surface area (Å²) < 4.78 is 14.4. The molecule has 2 amide bonds. The third kappa shape index (κ3) is 4.27. The summed E-state index contributed by atoms with van der Waals surface area (Å²) in [6.45, 7) is 5.07. The summed E-state index contributed by atoms with van der Waals surface area (Å²) in [6.07, 6.45) is 1.97. The van der Waals surface area contributed by atoms with Gasteiger partial charge in [-0.1, -0.05) is 22.8 Å². The zero-order valence-corrected chi connectivity index (χ0v) is 19.2. The van der Waals surface area contributed by atoms with Crippen molar-refractivity contribution in [3.63, 3.8) is 0 Å². The molecule has 2 aromatic carbocycles. The number of hydroxylamine groups is 1. The van der Waals surface area contributed by atoms with Crippen molar-refractivity contribution in [1.29, 1.82) is 0 Å². The van der Waals surface area contributed by atoms with Gasteiger partial charge in [0.2, 0.25) is 5.91 Å². The zero-order valence-electron chi connectivity index (χ0n) is 18.4. The van der Waals surface area contributed by atoms with Crippen LogP contribution in [0.5, 0.6) is 0 Å². The summed E-state index contributed by atoms with van der Waals surface area (Å²) in [5.41, 5.74) is 3.80. The first-order valence-electron chi connectivity index (χ1n) is 11.0. The van der Waals surface area contributed by atoms with E-state index in [-0.39, 0.29) is 41.0 Å². The predicted molar refractivity (Wildman–Crippen MR) is 123 cm³/mol. The van der Waals surface area contributed by atoms with Gasteiger partial charge < -0.3 is 10.2 Å². The first-order chi connectivity index (χ1) is 15.8. The van der Waals surface area contributed by atoms with Gasteiger partial charge in [-0.25, -0.2) is 4.39 Å². The molecule has 33 heavy (non-hydrogen) atoms. The van der Waals surface area contributed by atoms with Crippen molar-refractivity contribution in [3.05, 3.63) is 63.4 Å². The molecule has 1 saturated heterocycles. The Morgan fingerprint density at radius 3 is 2.64 bits per heavy atom. The van der Waals surface area contributed by atoms with Crippen LogP contribution in [0.25, 0.3) is 0 Å². The second-order valence-electron chi connectivity index (χ2n) is 8.95. The Balaban J connectivity index is 1.21. The van der Waals surface area contributed by atoms with Gasteiger partial charge in [0.25, 0.3) is 5.91 Å². The maximum Gasteiger partial charge on any atom is 0.251 e. The van der Waals surface area contributed by atoms with Crippen molar-refractivity contribution in [2.24, 2.45) is 11.1 Å². The van der Waals surface area contributed by atoms with Crippen LogP contribution < -0.4 is 10.4 Å². The number of anilines is 1. The fourth-order valence-electron chi connectivity index (χ4n) is 4.15. The minimum absolute atomic E-state index is 0.0171. The molecule has 0 spiro atoms. The number of hydrogen-bond donors (Lipinski definition) is 1. The molecule has 7 nitrogen and oxygen atoms in total. The summed E-state index contributed by atoms with van der Waals surface area (Å²) in [6, 6.07) is 8.61. The van der Waals surface area contributed by atoms with E-state index in [1.165, 1.54) is 5.06 Å². The summed E-state index contributed by atoms with van der Waals surface area (Å²) in [5, 5.41) is 8.47. The van der Waals surface area contributed by atoms with Gasteiger partial charge in [-0.3, -0.25) is 14.5 Å². The molecular weight excluding hydrogens is 447 g/mol. The highest BCUT2D eigenvalue weighted by Gasteiger charge is 2.39. The van der Waals surface area contributed by atoms with E-state index >= 15 is 0 Å². The normalized spacial score (nSPS) is 18.0. The summed E-state index contributed by atoms with van der Waals surface area (Å²) >= 11 is 5.96. The van der Waals surface area contributed by atoms with Gasteiger partial charge in [0.15, 0.2) is 5.82 Å². The fraction of sp³-hybridized carbons (Fsp3) is 0.375. The molecule has 5 rings (SSSR count). The number of rotatable bonds is 5. The number of amides is 2. The molecule has 0 radical (unpaired) electrons. The minimum Gasteiger partial charge on any atom is -0.346 e. The maximum absolute atomic E-state index is 14.4. The average Bonchev–Trinajstić information content (AvgIpc) is 3.49. The van der Waals surface area contributed by atoms with Gasteiger partial charge in [-0.05, 0) is 62.1 Å². The van der Waals surface area contributed by atoms with E-state index in [1.54, 1.807) is 24.3 Å². The van der Waals surface area contributed by atoms with Gasteiger partial charge in [0, 0.05) is 30.1 Å². The first kappa shape index (κ1) is 21.7. The van der Waals surface area contributed by atoms with Crippen LogP contribution in [-0.4, -0.2) is 48.1 Å². The fourth-order valence-corrected chi connectivity index (χ4v) is 4.42. The summed E-state index contributed by atoms with van der Waals surface area (Å²) in [7, 11) is 0. The molecule has 2 aliphatic heterocycles. The number of halogens is 2. The lowest BCUT2D eigenvalue weighted by Gasteiger charge is -2.39. The van der Waals surface area contributed by atoms with E-state index in [4.69, 9.17) is 16.5 Å². The van der Waals surface area contributed by atoms with E-state index in [1.807, 2.05) is 24.8 Å². The molecule has 1 N–H and O–H groups in total. The predicted octanol–water partition coefficient (Wildman–Crippen LogP) is 3.60.